The van der Waals surface area contributed by atoms with Crippen LogP contribution in [0.1, 0.15) is 52.5 Å². The van der Waals surface area contributed by atoms with Crippen LogP contribution < -0.4 is 5.14 Å². The molecule has 4 nitrogen and oxygen atoms in total. The lowest BCUT2D eigenvalue weighted by Gasteiger charge is -2.36. The van der Waals surface area contributed by atoms with E-state index in [0.717, 1.165) is 17.8 Å². The lowest BCUT2D eigenvalue weighted by Crippen LogP contribution is -2.36. The van der Waals surface area contributed by atoms with E-state index in [1.165, 1.54) is 0 Å². The van der Waals surface area contributed by atoms with Crippen LogP contribution in [-0.4, -0.2) is 19.6 Å². The zero-order chi connectivity index (χ0) is 15.7. The molecule has 20 heavy (non-hydrogen) atoms. The number of aliphatic hydroxyl groups is 1. The van der Waals surface area contributed by atoms with Crippen molar-refractivity contribution in [1.29, 1.82) is 0 Å². The van der Waals surface area contributed by atoms with Crippen LogP contribution in [0.25, 0.3) is 0 Å². The Morgan fingerprint density at radius 3 is 2.35 bits per heavy atom. The highest BCUT2D eigenvalue weighted by atomic mass is 32.2. The summed E-state index contributed by atoms with van der Waals surface area (Å²) in [6.07, 6.45) is 0.227. The predicted octanol–water partition coefficient (Wildman–Crippen LogP) is 2.93. The van der Waals surface area contributed by atoms with E-state index in [0.29, 0.717) is 5.56 Å². The van der Waals surface area contributed by atoms with Gasteiger partial charge in [-0.3, -0.25) is 0 Å². The minimum atomic E-state index is -3.75. The number of sulfonamides is 1. The number of rotatable bonds is 5. The van der Waals surface area contributed by atoms with Crippen LogP contribution in [0.3, 0.4) is 0 Å². The molecule has 0 fully saturated rings. The molecule has 1 rings (SSSR count). The van der Waals surface area contributed by atoms with Gasteiger partial charge in [0.05, 0.1) is 6.10 Å². The van der Waals surface area contributed by atoms with E-state index >= 15 is 0 Å². The smallest absolute Gasteiger partial charge is 0.247 e. The van der Waals surface area contributed by atoms with Crippen LogP contribution in [0, 0.1) is 11.3 Å². The van der Waals surface area contributed by atoms with Crippen LogP contribution in [0.4, 0.5) is 0 Å². The highest BCUT2D eigenvalue weighted by Gasteiger charge is 2.37. The molecular formula is C14H25NO3S2. The number of nitrogens with two attached hydrogens (primary N) is 1. The normalized spacial score (nSPS) is 17.8. The summed E-state index contributed by atoms with van der Waals surface area (Å²) in [6.45, 7) is 9.93. The molecular weight excluding hydrogens is 294 g/mol. The zero-order valence-electron chi connectivity index (χ0n) is 12.8. The van der Waals surface area contributed by atoms with Crippen molar-refractivity contribution in [2.75, 3.05) is 0 Å². The fourth-order valence-electron chi connectivity index (χ4n) is 2.36. The van der Waals surface area contributed by atoms with Crippen molar-refractivity contribution in [3.63, 3.8) is 0 Å². The first-order chi connectivity index (χ1) is 9.00. The van der Waals surface area contributed by atoms with Gasteiger partial charge in [-0.2, -0.15) is 0 Å². The van der Waals surface area contributed by atoms with Gasteiger partial charge in [-0.25, -0.2) is 13.6 Å². The second kappa shape index (κ2) is 6.13. The Balaban J connectivity index is 3.37. The molecule has 0 spiro atoms. The Morgan fingerprint density at radius 2 is 1.95 bits per heavy atom. The molecule has 0 bridgehead atoms. The molecule has 0 saturated carbocycles. The predicted molar refractivity (Wildman–Crippen MR) is 83.4 cm³/mol. The summed E-state index contributed by atoms with van der Waals surface area (Å²) in [5.74, 6) is -0.0705. The fourth-order valence-corrected chi connectivity index (χ4v) is 4.28. The Bertz CT molecular complexity index is 543. The molecule has 1 heterocycles. The first-order valence-electron chi connectivity index (χ1n) is 6.78. The van der Waals surface area contributed by atoms with Crippen LogP contribution >= 0.6 is 11.3 Å². The van der Waals surface area contributed by atoms with Gasteiger partial charge < -0.3 is 5.11 Å². The number of hydrogen-bond donors (Lipinski definition) is 2. The number of primary sulfonamides is 1. The molecule has 3 N–H and O–H groups in total. The second-order valence-electron chi connectivity index (χ2n) is 6.43. The third kappa shape index (κ3) is 3.81. The number of thiophene rings is 1. The molecule has 0 amide bonds. The molecule has 6 heteroatoms. The van der Waals surface area contributed by atoms with E-state index in [2.05, 4.69) is 0 Å². The molecule has 3 atom stereocenters. The van der Waals surface area contributed by atoms with Crippen molar-refractivity contribution in [1.82, 2.24) is 0 Å². The maximum absolute atomic E-state index is 11.7. The maximum atomic E-state index is 11.7. The molecule has 1 aromatic rings. The first-order valence-corrected chi connectivity index (χ1v) is 9.21. The van der Waals surface area contributed by atoms with Crippen LogP contribution in [-0.2, 0) is 10.0 Å². The van der Waals surface area contributed by atoms with E-state index in [4.69, 9.17) is 5.14 Å². The SMILES string of the molecule is CC[C@H](C)[C@@H](c1ccsc1S(N)(=O)=O)C(O)C(C)(C)C. The van der Waals surface area contributed by atoms with Crippen molar-refractivity contribution < 1.29 is 13.5 Å². The Labute approximate surface area is 126 Å². The van der Waals surface area contributed by atoms with Crippen LogP contribution in [0.15, 0.2) is 15.7 Å². The topological polar surface area (TPSA) is 80.4 Å². The highest BCUT2D eigenvalue weighted by Crippen LogP contribution is 2.41. The summed E-state index contributed by atoms with van der Waals surface area (Å²) in [4.78, 5) is 0. The maximum Gasteiger partial charge on any atom is 0.247 e. The molecule has 0 radical (unpaired) electrons. The molecule has 1 unspecified atom stereocenters. The van der Waals surface area contributed by atoms with Gasteiger partial charge in [-0.1, -0.05) is 41.0 Å². The summed E-state index contributed by atoms with van der Waals surface area (Å²) in [6, 6.07) is 1.77. The average molecular weight is 319 g/mol. The van der Waals surface area contributed by atoms with Crippen molar-refractivity contribution in [2.45, 2.75) is 57.3 Å². The van der Waals surface area contributed by atoms with E-state index < -0.39 is 16.1 Å². The monoisotopic (exact) mass is 319 g/mol. The van der Waals surface area contributed by atoms with Crippen molar-refractivity contribution in [2.24, 2.45) is 16.5 Å². The van der Waals surface area contributed by atoms with E-state index in [-0.39, 0.29) is 21.5 Å². The summed E-state index contributed by atoms with van der Waals surface area (Å²) < 4.78 is 23.6. The van der Waals surface area contributed by atoms with Crippen molar-refractivity contribution in [3.05, 3.63) is 17.0 Å². The molecule has 116 valence electrons. The first kappa shape index (κ1) is 17.6. The lowest BCUT2D eigenvalue weighted by molar-refractivity contribution is 0.0214. The molecule has 0 aliphatic heterocycles. The van der Waals surface area contributed by atoms with Crippen molar-refractivity contribution in [3.8, 4) is 0 Å². The summed E-state index contributed by atoms with van der Waals surface area (Å²) in [5.41, 5.74) is 0.320. The third-order valence-electron chi connectivity index (χ3n) is 3.76. The summed E-state index contributed by atoms with van der Waals surface area (Å²) in [5, 5.41) is 17.7. The zero-order valence-corrected chi connectivity index (χ0v) is 14.4. The van der Waals surface area contributed by atoms with Gasteiger partial charge in [-0.15, -0.1) is 11.3 Å². The highest BCUT2D eigenvalue weighted by molar-refractivity contribution is 7.91. The van der Waals surface area contributed by atoms with E-state index in [1.807, 2.05) is 34.6 Å². The largest absolute Gasteiger partial charge is 0.392 e. The van der Waals surface area contributed by atoms with Gasteiger partial charge in [0.1, 0.15) is 4.21 Å². The minimum Gasteiger partial charge on any atom is -0.392 e. The van der Waals surface area contributed by atoms with Gasteiger partial charge in [0.25, 0.3) is 0 Å². The van der Waals surface area contributed by atoms with Gasteiger partial charge in [0.2, 0.25) is 10.0 Å². The van der Waals surface area contributed by atoms with Crippen LogP contribution in [0.2, 0.25) is 0 Å². The van der Waals surface area contributed by atoms with Crippen LogP contribution in [0.5, 0.6) is 0 Å². The molecule has 1 aromatic heterocycles. The van der Waals surface area contributed by atoms with E-state index in [9.17, 15) is 13.5 Å². The third-order valence-corrected chi connectivity index (χ3v) is 6.22. The standard InChI is InChI=1S/C14H25NO3S2/c1-6-9(2)11(12(16)14(3,4)5)10-7-8-19-13(10)20(15,17)18/h7-9,11-12,16H,6H2,1-5H3,(H2,15,17,18)/t9-,11-,12?/m0/s1. The number of aliphatic hydroxyl groups excluding tert-OH is 1. The molecule has 0 aromatic carbocycles. The quantitative estimate of drug-likeness (QED) is 0.875. The van der Waals surface area contributed by atoms with Gasteiger partial charge in [-0.05, 0) is 28.3 Å². The van der Waals surface area contributed by atoms with Gasteiger partial charge in [0, 0.05) is 5.92 Å². The molecule has 0 aliphatic carbocycles. The Morgan fingerprint density at radius 1 is 1.40 bits per heavy atom. The Kier molecular flexibility index (Phi) is 5.40. The summed E-state index contributed by atoms with van der Waals surface area (Å²) >= 11 is 1.12. The lowest BCUT2D eigenvalue weighted by atomic mass is 9.73. The van der Waals surface area contributed by atoms with Gasteiger partial charge >= 0.3 is 0 Å². The average Bonchev–Trinajstić information content (AvgIpc) is 2.76. The molecule has 0 aliphatic rings. The minimum absolute atomic E-state index is 0.166. The van der Waals surface area contributed by atoms with E-state index in [1.54, 1.807) is 11.4 Å². The van der Waals surface area contributed by atoms with Gasteiger partial charge in [0.15, 0.2) is 0 Å². The van der Waals surface area contributed by atoms with Crippen molar-refractivity contribution >= 4 is 21.4 Å². The Hall–Kier alpha value is -0.430. The number of hydrogen-bond acceptors (Lipinski definition) is 4. The summed E-state index contributed by atoms with van der Waals surface area (Å²) in [7, 11) is -3.75. The molecule has 0 saturated heterocycles. The fraction of sp³-hybridized carbons (Fsp3) is 0.714. The second-order valence-corrected chi connectivity index (χ2v) is 9.10.